The molecule has 0 radical (unpaired) electrons. The molecule has 2 aromatic carbocycles. The molecule has 122 valence electrons. The normalized spacial score (nSPS) is 11.0. The summed E-state index contributed by atoms with van der Waals surface area (Å²) in [6, 6.07) is 16.6. The Balaban J connectivity index is 1.58. The fraction of sp³-hybridized carbons (Fsp3) is 0. The highest BCUT2D eigenvalue weighted by atomic mass is 16.1. The molecule has 0 aliphatic carbocycles. The summed E-state index contributed by atoms with van der Waals surface area (Å²) < 4.78 is 0. The number of hydrogen-bond donors (Lipinski definition) is 1. The van der Waals surface area contributed by atoms with Crippen molar-refractivity contribution in [3.05, 3.63) is 85.0 Å². The Labute approximate surface area is 145 Å². The Morgan fingerprint density at radius 2 is 1.64 bits per heavy atom. The van der Waals surface area contributed by atoms with Crippen molar-refractivity contribution >= 4 is 29.0 Å². The van der Waals surface area contributed by atoms with Gasteiger partial charge in [-0.25, -0.2) is 0 Å². The van der Waals surface area contributed by atoms with E-state index in [1.807, 2.05) is 30.3 Å². The van der Waals surface area contributed by atoms with E-state index in [4.69, 9.17) is 0 Å². The van der Waals surface area contributed by atoms with Gasteiger partial charge in [0.15, 0.2) is 0 Å². The van der Waals surface area contributed by atoms with Crippen LogP contribution in [0.3, 0.4) is 0 Å². The summed E-state index contributed by atoms with van der Waals surface area (Å²) in [6.07, 6.45) is 7.74. The molecule has 0 unspecified atom stereocenters. The van der Waals surface area contributed by atoms with Gasteiger partial charge in [0, 0.05) is 24.2 Å². The molecule has 0 saturated heterocycles. The van der Waals surface area contributed by atoms with Crippen molar-refractivity contribution in [1.29, 1.82) is 0 Å². The van der Waals surface area contributed by atoms with Gasteiger partial charge in [0.1, 0.15) is 0 Å². The third-order valence-corrected chi connectivity index (χ3v) is 3.16. The highest BCUT2D eigenvalue weighted by Gasteiger charge is 1.99. The highest BCUT2D eigenvalue weighted by molar-refractivity contribution is 6.01. The van der Waals surface area contributed by atoms with E-state index in [0.717, 1.165) is 5.69 Å². The second kappa shape index (κ2) is 8.26. The van der Waals surface area contributed by atoms with Gasteiger partial charge in [-0.3, -0.25) is 14.8 Å². The molecule has 1 heterocycles. The van der Waals surface area contributed by atoms with E-state index in [-0.39, 0.29) is 5.91 Å². The molecule has 1 N–H and O–H groups in total. The maximum Gasteiger partial charge on any atom is 0.248 e. The SMILES string of the molecule is O=C(/C=C/c1cnccn1)Nc1ccc(N=Nc2ccccc2)cc1. The summed E-state index contributed by atoms with van der Waals surface area (Å²) in [5.41, 5.74) is 2.78. The quantitative estimate of drug-likeness (QED) is 0.551. The zero-order valence-corrected chi connectivity index (χ0v) is 13.3. The van der Waals surface area contributed by atoms with Gasteiger partial charge in [0.25, 0.3) is 0 Å². The molecular weight excluding hydrogens is 314 g/mol. The van der Waals surface area contributed by atoms with Gasteiger partial charge in [-0.2, -0.15) is 10.2 Å². The number of amides is 1. The van der Waals surface area contributed by atoms with Gasteiger partial charge >= 0.3 is 0 Å². The molecule has 0 saturated carbocycles. The molecule has 0 spiro atoms. The van der Waals surface area contributed by atoms with Crippen molar-refractivity contribution in [1.82, 2.24) is 9.97 Å². The first kappa shape index (κ1) is 16.2. The van der Waals surface area contributed by atoms with E-state index in [1.165, 1.54) is 6.08 Å². The molecule has 6 heteroatoms. The van der Waals surface area contributed by atoms with Crippen LogP contribution in [-0.2, 0) is 4.79 Å². The Kier molecular flexibility index (Phi) is 5.35. The largest absolute Gasteiger partial charge is 0.323 e. The summed E-state index contributed by atoms with van der Waals surface area (Å²) in [4.78, 5) is 19.9. The number of azo groups is 1. The average molecular weight is 329 g/mol. The topological polar surface area (TPSA) is 79.6 Å². The van der Waals surface area contributed by atoms with Gasteiger partial charge in [-0.15, -0.1) is 0 Å². The fourth-order valence-electron chi connectivity index (χ4n) is 1.96. The first-order valence-corrected chi connectivity index (χ1v) is 7.61. The second-order valence-electron chi connectivity index (χ2n) is 5.04. The average Bonchev–Trinajstić information content (AvgIpc) is 2.67. The monoisotopic (exact) mass is 329 g/mol. The van der Waals surface area contributed by atoms with Gasteiger partial charge in [0.2, 0.25) is 5.91 Å². The van der Waals surface area contributed by atoms with Crippen molar-refractivity contribution in [2.24, 2.45) is 10.2 Å². The zero-order valence-electron chi connectivity index (χ0n) is 13.3. The van der Waals surface area contributed by atoms with Crippen LogP contribution in [0, 0.1) is 0 Å². The lowest BCUT2D eigenvalue weighted by molar-refractivity contribution is -0.111. The van der Waals surface area contributed by atoms with Crippen molar-refractivity contribution < 1.29 is 4.79 Å². The minimum atomic E-state index is -0.246. The highest BCUT2D eigenvalue weighted by Crippen LogP contribution is 2.20. The van der Waals surface area contributed by atoms with Gasteiger partial charge in [-0.1, -0.05) is 18.2 Å². The standard InChI is InChI=1S/C19H15N5O/c25-19(11-10-18-14-20-12-13-21-18)22-15-6-8-17(9-7-15)24-23-16-4-2-1-3-5-16/h1-14H,(H,22,25)/b11-10+,24-23?. The van der Waals surface area contributed by atoms with Gasteiger partial charge in [-0.05, 0) is 42.5 Å². The van der Waals surface area contributed by atoms with Crippen LogP contribution in [0.4, 0.5) is 17.1 Å². The lowest BCUT2D eigenvalue weighted by Crippen LogP contribution is -2.07. The lowest BCUT2D eigenvalue weighted by atomic mass is 10.3. The number of hydrogen-bond acceptors (Lipinski definition) is 5. The molecule has 0 aliphatic heterocycles. The van der Waals surface area contributed by atoms with Crippen molar-refractivity contribution in [2.45, 2.75) is 0 Å². The first-order valence-electron chi connectivity index (χ1n) is 7.61. The number of anilines is 1. The van der Waals surface area contributed by atoms with E-state index >= 15 is 0 Å². The third kappa shape index (κ3) is 5.18. The zero-order chi connectivity index (χ0) is 17.3. The first-order chi connectivity index (χ1) is 12.3. The van der Waals surface area contributed by atoms with Gasteiger partial charge in [0.05, 0.1) is 23.3 Å². The number of benzene rings is 2. The third-order valence-electron chi connectivity index (χ3n) is 3.16. The van der Waals surface area contributed by atoms with Crippen molar-refractivity contribution in [3.8, 4) is 0 Å². The molecule has 3 rings (SSSR count). The van der Waals surface area contributed by atoms with E-state index in [0.29, 0.717) is 17.1 Å². The molecule has 0 aliphatic rings. The lowest BCUT2D eigenvalue weighted by Gasteiger charge is -2.02. The van der Waals surface area contributed by atoms with Crippen LogP contribution in [-0.4, -0.2) is 15.9 Å². The summed E-state index contributed by atoms with van der Waals surface area (Å²) in [6.45, 7) is 0. The molecule has 1 aromatic heterocycles. The number of aromatic nitrogens is 2. The number of nitrogens with one attached hydrogen (secondary N) is 1. The fourth-order valence-corrected chi connectivity index (χ4v) is 1.96. The Hall–Kier alpha value is -3.67. The predicted octanol–water partition coefficient (Wildman–Crippen LogP) is 4.54. The molecule has 0 bridgehead atoms. The smallest absolute Gasteiger partial charge is 0.248 e. The van der Waals surface area contributed by atoms with Crippen LogP contribution >= 0.6 is 0 Å². The van der Waals surface area contributed by atoms with Crippen LogP contribution in [0.2, 0.25) is 0 Å². The number of carbonyl (C=O) groups excluding carboxylic acids is 1. The summed E-state index contributed by atoms with van der Waals surface area (Å²) in [5, 5.41) is 11.1. The Bertz CT molecular complexity index is 875. The number of carbonyl (C=O) groups is 1. The maximum atomic E-state index is 11.9. The molecule has 0 fully saturated rings. The maximum absolute atomic E-state index is 11.9. The van der Waals surface area contributed by atoms with E-state index in [9.17, 15) is 4.79 Å². The Morgan fingerprint density at radius 1 is 0.920 bits per heavy atom. The summed E-state index contributed by atoms with van der Waals surface area (Å²) in [5.74, 6) is -0.246. The second-order valence-corrected chi connectivity index (χ2v) is 5.04. The van der Waals surface area contributed by atoms with E-state index in [2.05, 4.69) is 25.5 Å². The molecule has 3 aromatic rings. The van der Waals surface area contributed by atoms with E-state index < -0.39 is 0 Å². The molecular formula is C19H15N5O. The van der Waals surface area contributed by atoms with Crippen LogP contribution in [0.15, 0.2) is 89.5 Å². The number of nitrogens with zero attached hydrogens (tertiary/aromatic N) is 4. The van der Waals surface area contributed by atoms with Gasteiger partial charge < -0.3 is 5.32 Å². The van der Waals surface area contributed by atoms with E-state index in [1.54, 1.807) is 48.9 Å². The molecule has 25 heavy (non-hydrogen) atoms. The Morgan fingerprint density at radius 3 is 2.32 bits per heavy atom. The van der Waals surface area contributed by atoms with Crippen LogP contribution in [0.25, 0.3) is 6.08 Å². The number of rotatable bonds is 5. The van der Waals surface area contributed by atoms with Crippen molar-refractivity contribution in [3.63, 3.8) is 0 Å². The predicted molar refractivity (Wildman–Crippen MR) is 96.8 cm³/mol. The minimum Gasteiger partial charge on any atom is -0.323 e. The van der Waals surface area contributed by atoms with Crippen molar-refractivity contribution in [2.75, 3.05) is 5.32 Å². The summed E-state index contributed by atoms with van der Waals surface area (Å²) >= 11 is 0. The minimum absolute atomic E-state index is 0.246. The van der Waals surface area contributed by atoms with Crippen LogP contribution in [0.1, 0.15) is 5.69 Å². The molecule has 1 amide bonds. The molecule has 0 atom stereocenters. The van der Waals surface area contributed by atoms with Crippen LogP contribution < -0.4 is 5.32 Å². The molecule has 6 nitrogen and oxygen atoms in total. The van der Waals surface area contributed by atoms with Crippen LogP contribution in [0.5, 0.6) is 0 Å². The summed E-state index contributed by atoms with van der Waals surface area (Å²) in [7, 11) is 0.